The number of hydrogen-bond acceptors (Lipinski definition) is 8. The number of ether oxygens (including phenoxy) is 4. The van der Waals surface area contributed by atoms with Crippen molar-refractivity contribution in [1.82, 2.24) is 14.8 Å². The number of benzene rings is 2. The number of morpholine rings is 1. The molecule has 1 saturated heterocycles. The van der Waals surface area contributed by atoms with Gasteiger partial charge in [0.25, 0.3) is 5.91 Å². The van der Waals surface area contributed by atoms with Crippen molar-refractivity contribution in [3.63, 3.8) is 0 Å². The number of hydrazone groups is 1. The maximum absolute atomic E-state index is 14.0. The van der Waals surface area contributed by atoms with E-state index in [1.165, 1.54) is 5.01 Å². The lowest BCUT2D eigenvalue weighted by molar-refractivity contribution is -0.142. The van der Waals surface area contributed by atoms with Crippen molar-refractivity contribution in [2.75, 3.05) is 67.3 Å². The van der Waals surface area contributed by atoms with Crippen molar-refractivity contribution in [3.05, 3.63) is 53.6 Å². The fourth-order valence-electron chi connectivity index (χ4n) is 5.20. The Labute approximate surface area is 249 Å². The van der Waals surface area contributed by atoms with Crippen molar-refractivity contribution in [3.8, 4) is 17.2 Å². The smallest absolute Gasteiger partial charge is 0.262 e. The van der Waals surface area contributed by atoms with E-state index in [1.807, 2.05) is 63.2 Å². The highest BCUT2D eigenvalue weighted by molar-refractivity contribution is 6.03. The Bertz CT molecular complexity index is 1250. The van der Waals surface area contributed by atoms with Crippen LogP contribution in [0.4, 0.5) is 0 Å². The third-order valence-corrected chi connectivity index (χ3v) is 7.53. The van der Waals surface area contributed by atoms with Crippen LogP contribution in [0.25, 0.3) is 0 Å². The Hall–Kier alpha value is -3.63. The van der Waals surface area contributed by atoms with Gasteiger partial charge in [-0.3, -0.25) is 14.5 Å². The Balaban J connectivity index is 1.62. The zero-order valence-electron chi connectivity index (χ0n) is 25.7. The number of hydrogen-bond donors (Lipinski definition) is 0. The fraction of sp³-hybridized carbons (Fsp3) is 0.531. The first-order chi connectivity index (χ1) is 20.1. The first-order valence-corrected chi connectivity index (χ1v) is 14.5. The SMILES string of the molecule is COc1ccc(C2=NN(C(=O)CN(CCN3CCOCC3)C(=O)CC(C)(C)C)[C@H](c3ccc(OC)c(OC)c3)C2)cc1. The molecule has 2 aliphatic heterocycles. The molecular formula is C32H44N4O6. The Morgan fingerprint density at radius 3 is 2.29 bits per heavy atom. The van der Waals surface area contributed by atoms with E-state index < -0.39 is 0 Å². The second-order valence-corrected chi connectivity index (χ2v) is 11.9. The number of carbonyl (C=O) groups excluding carboxylic acids is 2. The van der Waals surface area contributed by atoms with Crippen LogP contribution in [0, 0.1) is 5.41 Å². The lowest BCUT2D eigenvalue weighted by Crippen LogP contribution is -2.47. The van der Waals surface area contributed by atoms with Crippen LogP contribution in [0.3, 0.4) is 0 Å². The third-order valence-electron chi connectivity index (χ3n) is 7.53. The minimum Gasteiger partial charge on any atom is -0.497 e. The van der Waals surface area contributed by atoms with Gasteiger partial charge in [-0.1, -0.05) is 26.8 Å². The standard InChI is InChI=1S/C32H44N4O6/c1-32(2,3)21-30(37)35(14-13-34-15-17-42-18-16-34)22-31(38)36-27(24-9-12-28(40-5)29(19-24)41-6)20-26(33-36)23-7-10-25(39-4)11-8-23/h7-12,19,27H,13-18,20-22H2,1-6H3/t27-/m0/s1. The number of rotatable bonds is 11. The van der Waals surface area contributed by atoms with Crippen LogP contribution >= 0.6 is 0 Å². The Morgan fingerprint density at radius 1 is 0.976 bits per heavy atom. The summed E-state index contributed by atoms with van der Waals surface area (Å²) in [6.45, 7) is 10.2. The van der Waals surface area contributed by atoms with Gasteiger partial charge in [0.2, 0.25) is 5.91 Å². The van der Waals surface area contributed by atoms with Gasteiger partial charge in [-0.25, -0.2) is 5.01 Å². The van der Waals surface area contributed by atoms with Crippen LogP contribution in [-0.4, -0.2) is 99.6 Å². The van der Waals surface area contributed by atoms with E-state index in [0.717, 1.165) is 35.7 Å². The second-order valence-electron chi connectivity index (χ2n) is 11.9. The van der Waals surface area contributed by atoms with Crippen molar-refractivity contribution in [2.45, 2.75) is 39.7 Å². The molecule has 0 N–H and O–H groups in total. The zero-order chi connectivity index (χ0) is 30.3. The molecule has 4 rings (SSSR count). The summed E-state index contributed by atoms with van der Waals surface area (Å²) >= 11 is 0. The maximum atomic E-state index is 14.0. The van der Waals surface area contributed by atoms with Crippen LogP contribution in [0.15, 0.2) is 47.6 Å². The minimum atomic E-state index is -0.367. The molecule has 0 bridgehead atoms. The average Bonchev–Trinajstić information content (AvgIpc) is 3.44. The highest BCUT2D eigenvalue weighted by Crippen LogP contribution is 2.37. The molecule has 0 spiro atoms. The quantitative estimate of drug-likeness (QED) is 0.397. The lowest BCUT2D eigenvalue weighted by Gasteiger charge is -2.32. The molecule has 0 aromatic heterocycles. The first-order valence-electron chi connectivity index (χ1n) is 14.5. The monoisotopic (exact) mass is 580 g/mol. The van der Waals surface area contributed by atoms with E-state index in [4.69, 9.17) is 24.0 Å². The number of nitrogens with zero attached hydrogens (tertiary/aromatic N) is 4. The van der Waals surface area contributed by atoms with E-state index >= 15 is 0 Å². The van der Waals surface area contributed by atoms with Gasteiger partial charge in [0.1, 0.15) is 12.3 Å². The summed E-state index contributed by atoms with van der Waals surface area (Å²) in [4.78, 5) is 31.5. The number of methoxy groups -OCH3 is 3. The van der Waals surface area contributed by atoms with Crippen molar-refractivity contribution in [2.24, 2.45) is 10.5 Å². The molecule has 0 saturated carbocycles. The number of carbonyl (C=O) groups is 2. The minimum absolute atomic E-state index is 0.0367. The van der Waals surface area contributed by atoms with Gasteiger partial charge >= 0.3 is 0 Å². The molecule has 10 heteroatoms. The molecule has 1 atom stereocenters. The molecule has 1 fully saturated rings. The van der Waals surface area contributed by atoms with Crippen LogP contribution in [-0.2, 0) is 14.3 Å². The highest BCUT2D eigenvalue weighted by Gasteiger charge is 2.35. The summed E-state index contributed by atoms with van der Waals surface area (Å²) in [5.41, 5.74) is 2.36. The molecule has 2 aromatic rings. The zero-order valence-corrected chi connectivity index (χ0v) is 25.7. The largest absolute Gasteiger partial charge is 0.497 e. The molecule has 2 aromatic carbocycles. The Morgan fingerprint density at radius 2 is 1.67 bits per heavy atom. The predicted octanol–water partition coefficient (Wildman–Crippen LogP) is 3.99. The van der Waals surface area contributed by atoms with Crippen LogP contribution in [0.1, 0.15) is 50.8 Å². The molecule has 10 nitrogen and oxygen atoms in total. The number of amides is 2. The molecular weight excluding hydrogens is 536 g/mol. The third kappa shape index (κ3) is 8.01. The molecule has 2 aliphatic rings. The molecule has 2 heterocycles. The van der Waals surface area contributed by atoms with E-state index in [0.29, 0.717) is 50.6 Å². The van der Waals surface area contributed by atoms with Crippen molar-refractivity contribution in [1.29, 1.82) is 0 Å². The van der Waals surface area contributed by atoms with Crippen LogP contribution in [0.5, 0.6) is 17.2 Å². The summed E-state index contributed by atoms with van der Waals surface area (Å²) in [5, 5.41) is 6.36. The van der Waals surface area contributed by atoms with E-state index in [9.17, 15) is 9.59 Å². The molecule has 42 heavy (non-hydrogen) atoms. The second kappa shape index (κ2) is 14.0. The molecule has 0 unspecified atom stereocenters. The highest BCUT2D eigenvalue weighted by atomic mass is 16.5. The normalized spacial score (nSPS) is 17.5. The van der Waals surface area contributed by atoms with E-state index in [1.54, 1.807) is 26.2 Å². The fourth-order valence-corrected chi connectivity index (χ4v) is 5.20. The first kappa shape index (κ1) is 31.3. The maximum Gasteiger partial charge on any atom is 0.262 e. The average molecular weight is 581 g/mol. The van der Waals surface area contributed by atoms with Gasteiger partial charge in [-0.2, -0.15) is 5.10 Å². The lowest BCUT2D eigenvalue weighted by atomic mass is 9.91. The summed E-state index contributed by atoms with van der Waals surface area (Å²) in [7, 11) is 4.81. The van der Waals surface area contributed by atoms with Crippen LogP contribution < -0.4 is 14.2 Å². The molecule has 228 valence electrons. The molecule has 0 aliphatic carbocycles. The molecule has 0 radical (unpaired) electrons. The Kier molecular flexibility index (Phi) is 10.5. The van der Waals surface area contributed by atoms with Gasteiger partial charge in [-0.05, 0) is 52.9 Å². The van der Waals surface area contributed by atoms with Crippen LogP contribution in [0.2, 0.25) is 0 Å². The van der Waals surface area contributed by atoms with Gasteiger partial charge in [0.15, 0.2) is 11.5 Å². The summed E-state index contributed by atoms with van der Waals surface area (Å²) in [6.07, 6.45) is 0.861. The molecule has 2 amide bonds. The van der Waals surface area contributed by atoms with Gasteiger partial charge in [0.05, 0.1) is 46.3 Å². The summed E-state index contributed by atoms with van der Waals surface area (Å²) < 4.78 is 21.8. The van der Waals surface area contributed by atoms with Gasteiger partial charge < -0.3 is 23.8 Å². The van der Waals surface area contributed by atoms with E-state index in [2.05, 4.69) is 4.90 Å². The predicted molar refractivity (Wildman–Crippen MR) is 161 cm³/mol. The van der Waals surface area contributed by atoms with Gasteiger partial charge in [0, 0.05) is 39.0 Å². The topological polar surface area (TPSA) is 93.1 Å². The van der Waals surface area contributed by atoms with Crippen molar-refractivity contribution < 1.29 is 28.5 Å². The van der Waals surface area contributed by atoms with Gasteiger partial charge in [-0.15, -0.1) is 0 Å². The summed E-state index contributed by atoms with van der Waals surface area (Å²) in [5.74, 6) is 1.66. The summed E-state index contributed by atoms with van der Waals surface area (Å²) in [6, 6.07) is 12.9. The van der Waals surface area contributed by atoms with Crippen molar-refractivity contribution >= 4 is 17.5 Å². The van der Waals surface area contributed by atoms with E-state index in [-0.39, 0.29) is 29.8 Å².